The molecule has 1 atom stereocenters. The average Bonchev–Trinajstić information content (AvgIpc) is 3.42. The lowest BCUT2D eigenvalue weighted by Gasteiger charge is -2.19. The van der Waals surface area contributed by atoms with Gasteiger partial charge in [-0.1, -0.05) is 12.1 Å². The third kappa shape index (κ3) is 4.06. The molecule has 1 aromatic carbocycles. The molecule has 0 spiro atoms. The fourth-order valence-electron chi connectivity index (χ4n) is 2.86. The van der Waals surface area contributed by atoms with Crippen LogP contribution in [-0.2, 0) is 0 Å². The van der Waals surface area contributed by atoms with Crippen molar-refractivity contribution in [3.05, 3.63) is 59.2 Å². The Morgan fingerprint density at radius 2 is 2.07 bits per heavy atom. The summed E-state index contributed by atoms with van der Waals surface area (Å²) in [5.74, 6) is 1.94. The Morgan fingerprint density at radius 3 is 2.78 bits per heavy atom. The summed E-state index contributed by atoms with van der Waals surface area (Å²) in [6.07, 6.45) is 4.09. The standard InChI is InChI=1S/C19H21FN6O/c1-11-9-21-19(23-17-8-15(25-26-17)12-2-3-12)24-18(11)22-16(10-27)13-4-6-14(20)7-5-13/h4-9,12,16,27H,2-3,10H2,1H3,(H3,21,22,23,24,25,26)/t16-/m0/s1. The first-order valence-electron chi connectivity index (χ1n) is 8.91. The van der Waals surface area contributed by atoms with Gasteiger partial charge in [-0.25, -0.2) is 9.37 Å². The normalized spacial score (nSPS) is 14.8. The maximum absolute atomic E-state index is 13.1. The van der Waals surface area contributed by atoms with E-state index in [1.807, 2.05) is 13.0 Å². The third-order valence-corrected chi connectivity index (χ3v) is 4.59. The van der Waals surface area contributed by atoms with Gasteiger partial charge in [-0.05, 0) is 37.5 Å². The van der Waals surface area contributed by atoms with Crippen LogP contribution in [0.4, 0.5) is 22.0 Å². The van der Waals surface area contributed by atoms with Gasteiger partial charge in [-0.2, -0.15) is 10.1 Å². The Balaban J connectivity index is 1.51. The van der Waals surface area contributed by atoms with E-state index in [1.54, 1.807) is 18.3 Å². The molecule has 27 heavy (non-hydrogen) atoms. The molecule has 4 rings (SSSR count). The quantitative estimate of drug-likeness (QED) is 0.510. The molecular formula is C19H21FN6O. The molecule has 0 saturated heterocycles. The van der Waals surface area contributed by atoms with Crippen LogP contribution >= 0.6 is 0 Å². The minimum Gasteiger partial charge on any atom is -0.394 e. The Kier molecular flexibility index (Phi) is 4.72. The molecule has 7 nitrogen and oxygen atoms in total. The fraction of sp³-hybridized carbons (Fsp3) is 0.316. The van der Waals surface area contributed by atoms with Crippen LogP contribution in [0.3, 0.4) is 0 Å². The number of anilines is 3. The minimum atomic E-state index is -0.404. The summed E-state index contributed by atoms with van der Waals surface area (Å²) in [5.41, 5.74) is 2.73. The van der Waals surface area contributed by atoms with Gasteiger partial charge >= 0.3 is 0 Å². The molecule has 0 unspecified atom stereocenters. The van der Waals surface area contributed by atoms with E-state index in [4.69, 9.17) is 0 Å². The Labute approximate surface area is 156 Å². The second kappa shape index (κ2) is 7.32. The van der Waals surface area contributed by atoms with Crippen LogP contribution < -0.4 is 10.6 Å². The van der Waals surface area contributed by atoms with E-state index in [-0.39, 0.29) is 12.4 Å². The van der Waals surface area contributed by atoms with Crippen molar-refractivity contribution in [2.24, 2.45) is 0 Å². The van der Waals surface area contributed by atoms with Gasteiger partial charge in [-0.3, -0.25) is 5.10 Å². The fourth-order valence-corrected chi connectivity index (χ4v) is 2.86. The van der Waals surface area contributed by atoms with Gasteiger partial charge in [0.05, 0.1) is 12.6 Å². The number of hydrogen-bond acceptors (Lipinski definition) is 6. The van der Waals surface area contributed by atoms with Crippen LogP contribution in [0.1, 0.15) is 41.6 Å². The predicted molar refractivity (Wildman–Crippen MR) is 100 cm³/mol. The molecule has 4 N–H and O–H groups in total. The molecular weight excluding hydrogens is 347 g/mol. The molecule has 1 aliphatic carbocycles. The molecule has 140 valence electrons. The van der Waals surface area contributed by atoms with Gasteiger partial charge in [0.25, 0.3) is 0 Å². The summed E-state index contributed by atoms with van der Waals surface area (Å²) in [5, 5.41) is 23.3. The summed E-state index contributed by atoms with van der Waals surface area (Å²) in [6.45, 7) is 1.73. The zero-order chi connectivity index (χ0) is 18.8. The van der Waals surface area contributed by atoms with E-state index in [0.717, 1.165) is 16.8 Å². The second-order valence-corrected chi connectivity index (χ2v) is 6.76. The summed E-state index contributed by atoms with van der Waals surface area (Å²) in [4.78, 5) is 8.79. The minimum absolute atomic E-state index is 0.151. The molecule has 3 aromatic rings. The number of aromatic amines is 1. The summed E-state index contributed by atoms with van der Waals surface area (Å²) in [6, 6.07) is 7.59. The highest BCUT2D eigenvalue weighted by Gasteiger charge is 2.25. The van der Waals surface area contributed by atoms with Crippen LogP contribution in [0.15, 0.2) is 36.5 Å². The molecule has 0 aliphatic heterocycles. The molecule has 1 fully saturated rings. The lowest BCUT2D eigenvalue weighted by Crippen LogP contribution is -2.17. The van der Waals surface area contributed by atoms with Crippen LogP contribution in [0.25, 0.3) is 0 Å². The number of aryl methyl sites for hydroxylation is 1. The van der Waals surface area contributed by atoms with Gasteiger partial charge in [0, 0.05) is 29.4 Å². The molecule has 2 aromatic heterocycles. The Morgan fingerprint density at radius 1 is 1.30 bits per heavy atom. The van der Waals surface area contributed by atoms with Gasteiger partial charge in [-0.15, -0.1) is 0 Å². The first kappa shape index (κ1) is 17.4. The maximum atomic E-state index is 13.1. The number of hydrogen-bond donors (Lipinski definition) is 4. The van der Waals surface area contributed by atoms with Crippen molar-refractivity contribution < 1.29 is 9.50 Å². The highest BCUT2D eigenvalue weighted by atomic mass is 19.1. The van der Waals surface area contributed by atoms with Crippen molar-refractivity contribution in [3.8, 4) is 0 Å². The van der Waals surface area contributed by atoms with E-state index in [9.17, 15) is 9.50 Å². The van der Waals surface area contributed by atoms with Crippen molar-refractivity contribution in [3.63, 3.8) is 0 Å². The zero-order valence-corrected chi connectivity index (χ0v) is 14.9. The van der Waals surface area contributed by atoms with Crippen LogP contribution in [0.2, 0.25) is 0 Å². The number of rotatable bonds is 7. The molecule has 0 radical (unpaired) electrons. The SMILES string of the molecule is Cc1cnc(Nc2cc(C3CC3)[nH]n2)nc1N[C@@H](CO)c1ccc(F)cc1. The number of H-pyrrole nitrogens is 1. The Hall–Kier alpha value is -3.00. The number of nitrogens with zero attached hydrogens (tertiary/aromatic N) is 3. The molecule has 1 saturated carbocycles. The number of aromatic nitrogens is 4. The predicted octanol–water partition coefficient (Wildman–Crippen LogP) is 3.41. The third-order valence-electron chi connectivity index (χ3n) is 4.59. The summed E-state index contributed by atoms with van der Waals surface area (Å²) < 4.78 is 13.1. The van der Waals surface area contributed by atoms with Gasteiger partial charge in [0.15, 0.2) is 5.82 Å². The first-order chi connectivity index (χ1) is 13.1. The van der Waals surface area contributed by atoms with E-state index < -0.39 is 6.04 Å². The molecule has 2 heterocycles. The first-order valence-corrected chi connectivity index (χ1v) is 8.91. The van der Waals surface area contributed by atoms with Crippen molar-refractivity contribution in [1.82, 2.24) is 20.2 Å². The van der Waals surface area contributed by atoms with Crippen LogP contribution in [0, 0.1) is 12.7 Å². The van der Waals surface area contributed by atoms with E-state index in [1.165, 1.54) is 25.0 Å². The smallest absolute Gasteiger partial charge is 0.230 e. The number of nitrogens with one attached hydrogen (secondary N) is 3. The average molecular weight is 368 g/mol. The lowest BCUT2D eigenvalue weighted by molar-refractivity contribution is 0.276. The lowest BCUT2D eigenvalue weighted by atomic mass is 10.1. The number of aliphatic hydroxyl groups is 1. The second-order valence-electron chi connectivity index (χ2n) is 6.76. The van der Waals surface area contributed by atoms with Gasteiger partial charge < -0.3 is 15.7 Å². The number of halogens is 1. The van der Waals surface area contributed by atoms with E-state index in [2.05, 4.69) is 30.8 Å². The van der Waals surface area contributed by atoms with E-state index >= 15 is 0 Å². The van der Waals surface area contributed by atoms with Crippen molar-refractivity contribution in [2.45, 2.75) is 31.7 Å². The highest BCUT2D eigenvalue weighted by Crippen LogP contribution is 2.39. The van der Waals surface area contributed by atoms with Gasteiger partial charge in [0.2, 0.25) is 5.95 Å². The maximum Gasteiger partial charge on any atom is 0.230 e. The molecule has 0 amide bonds. The topological polar surface area (TPSA) is 98.8 Å². The van der Waals surface area contributed by atoms with Crippen LogP contribution in [0.5, 0.6) is 0 Å². The number of benzene rings is 1. The number of aliphatic hydroxyl groups excluding tert-OH is 1. The molecule has 1 aliphatic rings. The monoisotopic (exact) mass is 368 g/mol. The van der Waals surface area contributed by atoms with Gasteiger partial charge in [0.1, 0.15) is 11.6 Å². The highest BCUT2D eigenvalue weighted by molar-refractivity contribution is 5.54. The Bertz CT molecular complexity index is 922. The molecule has 0 bridgehead atoms. The van der Waals surface area contributed by atoms with Crippen molar-refractivity contribution in [2.75, 3.05) is 17.2 Å². The summed E-state index contributed by atoms with van der Waals surface area (Å²) in [7, 11) is 0. The van der Waals surface area contributed by atoms with Crippen LogP contribution in [-0.4, -0.2) is 31.9 Å². The van der Waals surface area contributed by atoms with Crippen molar-refractivity contribution >= 4 is 17.6 Å². The van der Waals surface area contributed by atoms with Crippen molar-refractivity contribution in [1.29, 1.82) is 0 Å². The molecule has 8 heteroatoms. The van der Waals surface area contributed by atoms with E-state index in [0.29, 0.717) is 23.5 Å². The zero-order valence-electron chi connectivity index (χ0n) is 14.9. The largest absolute Gasteiger partial charge is 0.394 e. The summed E-state index contributed by atoms with van der Waals surface area (Å²) >= 11 is 0.